The maximum Gasteiger partial charge on any atom is 0.0998 e. The van der Waals surface area contributed by atoms with Crippen molar-refractivity contribution in [3.05, 3.63) is 41.0 Å². The SMILES string of the molecule is Cc1cccc(C#N)c1C=CCS. The van der Waals surface area contributed by atoms with Gasteiger partial charge in [0.1, 0.15) is 0 Å². The zero-order chi connectivity index (χ0) is 9.68. The Morgan fingerprint density at radius 3 is 2.92 bits per heavy atom. The highest BCUT2D eigenvalue weighted by molar-refractivity contribution is 7.80. The molecule has 0 amide bonds. The van der Waals surface area contributed by atoms with Gasteiger partial charge in [0.25, 0.3) is 0 Å². The zero-order valence-corrected chi connectivity index (χ0v) is 8.38. The Morgan fingerprint density at radius 2 is 2.31 bits per heavy atom. The second kappa shape index (κ2) is 4.74. The first-order valence-electron chi connectivity index (χ1n) is 4.06. The number of aryl methyl sites for hydroxylation is 1. The maximum atomic E-state index is 8.84. The summed E-state index contributed by atoms with van der Waals surface area (Å²) in [6.45, 7) is 2.00. The number of thiol groups is 1. The van der Waals surface area contributed by atoms with Crippen LogP contribution in [-0.2, 0) is 0 Å². The van der Waals surface area contributed by atoms with Gasteiger partial charge in [0.05, 0.1) is 11.6 Å². The van der Waals surface area contributed by atoms with Crippen molar-refractivity contribution < 1.29 is 0 Å². The number of nitriles is 1. The highest BCUT2D eigenvalue weighted by atomic mass is 32.1. The Balaban J connectivity index is 3.17. The van der Waals surface area contributed by atoms with Crippen LogP contribution in [0.15, 0.2) is 24.3 Å². The molecule has 0 atom stereocenters. The molecule has 0 saturated heterocycles. The van der Waals surface area contributed by atoms with Crippen molar-refractivity contribution in [1.82, 2.24) is 0 Å². The normalized spacial score (nSPS) is 10.2. The van der Waals surface area contributed by atoms with E-state index in [4.69, 9.17) is 5.26 Å². The summed E-state index contributed by atoms with van der Waals surface area (Å²) in [5.41, 5.74) is 2.84. The summed E-state index contributed by atoms with van der Waals surface area (Å²) < 4.78 is 0. The highest BCUT2D eigenvalue weighted by Crippen LogP contribution is 2.14. The van der Waals surface area contributed by atoms with E-state index in [0.717, 1.165) is 16.7 Å². The first kappa shape index (κ1) is 9.88. The molecule has 0 aliphatic carbocycles. The van der Waals surface area contributed by atoms with E-state index in [2.05, 4.69) is 18.7 Å². The van der Waals surface area contributed by atoms with Crippen molar-refractivity contribution in [2.24, 2.45) is 0 Å². The number of rotatable bonds is 2. The van der Waals surface area contributed by atoms with E-state index < -0.39 is 0 Å². The van der Waals surface area contributed by atoms with Crippen molar-refractivity contribution >= 4 is 18.7 Å². The van der Waals surface area contributed by atoms with Crippen LogP contribution in [0.4, 0.5) is 0 Å². The molecule has 1 nitrogen and oxygen atoms in total. The Labute approximate surface area is 84.1 Å². The van der Waals surface area contributed by atoms with Gasteiger partial charge < -0.3 is 0 Å². The van der Waals surface area contributed by atoms with Crippen LogP contribution in [0.25, 0.3) is 6.08 Å². The van der Waals surface area contributed by atoms with Crippen LogP contribution in [-0.4, -0.2) is 5.75 Å². The fraction of sp³-hybridized carbons (Fsp3) is 0.182. The zero-order valence-electron chi connectivity index (χ0n) is 7.49. The molecule has 0 aliphatic heterocycles. The standard InChI is InChI=1S/C11H11NS/c1-9-4-2-5-10(8-12)11(9)6-3-7-13/h2-6,13H,7H2,1H3. The van der Waals surface area contributed by atoms with E-state index in [1.165, 1.54) is 0 Å². The Hall–Kier alpha value is -1.20. The summed E-state index contributed by atoms with van der Waals surface area (Å²) in [7, 11) is 0. The predicted octanol–water partition coefficient (Wildman–Crippen LogP) is 2.81. The molecule has 0 aliphatic rings. The van der Waals surface area contributed by atoms with E-state index in [9.17, 15) is 0 Å². The third-order valence-corrected chi connectivity index (χ3v) is 2.05. The van der Waals surface area contributed by atoms with Gasteiger partial charge in [-0.15, -0.1) is 0 Å². The predicted molar refractivity (Wildman–Crippen MR) is 58.8 cm³/mol. The molecule has 13 heavy (non-hydrogen) atoms. The van der Waals surface area contributed by atoms with E-state index >= 15 is 0 Å². The summed E-state index contributed by atoms with van der Waals surface area (Å²) in [5.74, 6) is 0.694. The first-order chi connectivity index (χ1) is 6.29. The van der Waals surface area contributed by atoms with Crippen LogP contribution in [0.2, 0.25) is 0 Å². The number of nitrogens with zero attached hydrogens (tertiary/aromatic N) is 1. The van der Waals surface area contributed by atoms with Crippen molar-refractivity contribution in [2.75, 3.05) is 5.75 Å². The number of hydrogen-bond acceptors (Lipinski definition) is 2. The van der Waals surface area contributed by atoms with Crippen LogP contribution in [0.5, 0.6) is 0 Å². The Kier molecular flexibility index (Phi) is 3.60. The van der Waals surface area contributed by atoms with Gasteiger partial charge in [-0.25, -0.2) is 0 Å². The molecule has 0 saturated carbocycles. The molecule has 0 bridgehead atoms. The average Bonchev–Trinajstić information content (AvgIpc) is 2.15. The first-order valence-corrected chi connectivity index (χ1v) is 4.70. The van der Waals surface area contributed by atoms with Gasteiger partial charge in [-0.3, -0.25) is 0 Å². The molecule has 0 unspecified atom stereocenters. The van der Waals surface area contributed by atoms with Crippen LogP contribution in [0, 0.1) is 18.3 Å². The summed E-state index contributed by atoms with van der Waals surface area (Å²) in [6.07, 6.45) is 3.88. The van der Waals surface area contributed by atoms with Crippen molar-refractivity contribution in [1.29, 1.82) is 5.26 Å². The van der Waals surface area contributed by atoms with E-state index in [-0.39, 0.29) is 0 Å². The molecular formula is C11H11NS. The Morgan fingerprint density at radius 1 is 1.54 bits per heavy atom. The van der Waals surface area contributed by atoms with Crippen molar-refractivity contribution in [3.63, 3.8) is 0 Å². The molecule has 0 radical (unpaired) electrons. The molecule has 1 rings (SSSR count). The molecule has 0 spiro atoms. The second-order valence-corrected chi connectivity index (χ2v) is 3.10. The lowest BCUT2D eigenvalue weighted by Gasteiger charge is -2.01. The average molecular weight is 189 g/mol. The number of hydrogen-bond donors (Lipinski definition) is 1. The molecule has 0 N–H and O–H groups in total. The lowest BCUT2D eigenvalue weighted by atomic mass is 10.0. The van der Waals surface area contributed by atoms with Gasteiger partial charge in [0.2, 0.25) is 0 Å². The molecule has 0 fully saturated rings. The maximum absolute atomic E-state index is 8.84. The van der Waals surface area contributed by atoms with Crippen molar-refractivity contribution in [2.45, 2.75) is 6.92 Å². The molecule has 0 heterocycles. The monoisotopic (exact) mass is 189 g/mol. The second-order valence-electron chi connectivity index (χ2n) is 2.73. The fourth-order valence-corrected chi connectivity index (χ4v) is 1.28. The van der Waals surface area contributed by atoms with Crippen LogP contribution >= 0.6 is 12.6 Å². The number of benzene rings is 1. The molecule has 66 valence electrons. The van der Waals surface area contributed by atoms with Crippen LogP contribution in [0.3, 0.4) is 0 Å². The minimum absolute atomic E-state index is 0.694. The summed E-state index contributed by atoms with van der Waals surface area (Å²) in [6, 6.07) is 7.89. The van der Waals surface area contributed by atoms with E-state index in [1.54, 1.807) is 0 Å². The molecule has 1 aromatic carbocycles. The van der Waals surface area contributed by atoms with Gasteiger partial charge in [-0.2, -0.15) is 17.9 Å². The molecule has 1 aromatic rings. The molecule has 2 heteroatoms. The minimum atomic E-state index is 0.694. The summed E-state index contributed by atoms with van der Waals surface area (Å²) in [5, 5.41) is 8.84. The molecule has 0 aromatic heterocycles. The summed E-state index contributed by atoms with van der Waals surface area (Å²) >= 11 is 4.08. The lowest BCUT2D eigenvalue weighted by Crippen LogP contribution is -1.86. The van der Waals surface area contributed by atoms with Crippen LogP contribution < -0.4 is 0 Å². The topological polar surface area (TPSA) is 23.8 Å². The molecular weight excluding hydrogens is 178 g/mol. The van der Waals surface area contributed by atoms with Crippen molar-refractivity contribution in [3.8, 4) is 6.07 Å². The quantitative estimate of drug-likeness (QED) is 0.711. The Bertz CT molecular complexity index is 361. The fourth-order valence-electron chi connectivity index (χ4n) is 1.17. The van der Waals surface area contributed by atoms with Gasteiger partial charge >= 0.3 is 0 Å². The third-order valence-electron chi connectivity index (χ3n) is 1.83. The highest BCUT2D eigenvalue weighted by Gasteiger charge is 1.99. The van der Waals surface area contributed by atoms with Gasteiger partial charge in [0.15, 0.2) is 0 Å². The van der Waals surface area contributed by atoms with Gasteiger partial charge in [0, 0.05) is 5.75 Å². The summed E-state index contributed by atoms with van der Waals surface area (Å²) in [4.78, 5) is 0. The smallest absolute Gasteiger partial charge is 0.0998 e. The lowest BCUT2D eigenvalue weighted by molar-refractivity contribution is 1.39. The van der Waals surface area contributed by atoms with Crippen LogP contribution in [0.1, 0.15) is 16.7 Å². The largest absolute Gasteiger partial charge is 0.192 e. The van der Waals surface area contributed by atoms with Gasteiger partial charge in [-0.1, -0.05) is 24.3 Å². The van der Waals surface area contributed by atoms with E-state index in [0.29, 0.717) is 5.75 Å². The van der Waals surface area contributed by atoms with Gasteiger partial charge in [-0.05, 0) is 24.1 Å². The minimum Gasteiger partial charge on any atom is -0.192 e. The van der Waals surface area contributed by atoms with E-state index in [1.807, 2.05) is 37.3 Å². The third kappa shape index (κ3) is 2.37.